The molecule has 5 heterocycles. The molecule has 194 valence electrons. The Balaban J connectivity index is 1.59. The van der Waals surface area contributed by atoms with Gasteiger partial charge in [-0.05, 0) is 35.8 Å². The number of rotatable bonds is 5. The van der Waals surface area contributed by atoms with Crippen LogP contribution in [0.2, 0.25) is 0 Å². The molecule has 12 heteroatoms. The Morgan fingerprint density at radius 3 is 2.49 bits per heavy atom. The van der Waals surface area contributed by atoms with Crippen LogP contribution in [0.4, 0.5) is 17.6 Å². The van der Waals surface area contributed by atoms with Crippen LogP contribution in [-0.4, -0.2) is 91.2 Å². The minimum atomic E-state index is -0.674. The number of hydrogen-bond donors (Lipinski definition) is 0. The topological polar surface area (TPSA) is 128 Å². The summed E-state index contributed by atoms with van der Waals surface area (Å²) >= 11 is 0. The number of hydrogen-bond acceptors (Lipinski definition) is 12. The van der Waals surface area contributed by atoms with Crippen molar-refractivity contribution >= 4 is 40.3 Å². The second kappa shape index (κ2) is 10.0. The number of ether oxygens (including phenoxy) is 3. The van der Waals surface area contributed by atoms with Crippen LogP contribution in [0.25, 0.3) is 11.0 Å². The number of carbonyl (C=O) groups excluding carboxylic acids is 1. The number of esters is 1. The highest BCUT2D eigenvalue weighted by Gasteiger charge is 2.43. The van der Waals surface area contributed by atoms with Gasteiger partial charge in [0.1, 0.15) is 22.8 Å². The smallest absolute Gasteiger partial charge is 0.315 e. The lowest BCUT2D eigenvalue weighted by atomic mass is 9.76. The minimum absolute atomic E-state index is 0.265. The lowest BCUT2D eigenvalue weighted by Crippen LogP contribution is -2.41. The van der Waals surface area contributed by atoms with Crippen molar-refractivity contribution in [1.29, 1.82) is 0 Å². The fourth-order valence-electron chi connectivity index (χ4n) is 5.32. The molecular formula is C25H29N7O5. The summed E-state index contributed by atoms with van der Waals surface area (Å²) in [4.78, 5) is 32.6. The molecule has 2 saturated heterocycles. The Morgan fingerprint density at radius 1 is 1.03 bits per heavy atom. The van der Waals surface area contributed by atoms with E-state index < -0.39 is 11.8 Å². The van der Waals surface area contributed by atoms with Crippen molar-refractivity contribution in [2.75, 3.05) is 69.0 Å². The summed E-state index contributed by atoms with van der Waals surface area (Å²) < 4.78 is 21.8. The average Bonchev–Trinajstić information content (AvgIpc) is 3.42. The van der Waals surface area contributed by atoms with Crippen molar-refractivity contribution in [1.82, 2.24) is 20.3 Å². The van der Waals surface area contributed by atoms with Crippen LogP contribution in [0, 0.1) is 5.92 Å². The summed E-state index contributed by atoms with van der Waals surface area (Å²) in [5, 5.41) is 8.22. The van der Waals surface area contributed by atoms with Gasteiger partial charge in [0, 0.05) is 43.4 Å². The van der Waals surface area contributed by atoms with E-state index in [2.05, 4.69) is 20.1 Å². The maximum Gasteiger partial charge on any atom is 0.315 e. The van der Waals surface area contributed by atoms with Gasteiger partial charge in [-0.3, -0.25) is 4.79 Å². The predicted octanol–water partition coefficient (Wildman–Crippen LogP) is 2.10. The van der Waals surface area contributed by atoms with Crippen LogP contribution in [0.1, 0.15) is 30.9 Å². The number of aliphatic imine (C=N–C) groups is 1. The highest BCUT2D eigenvalue weighted by Crippen LogP contribution is 2.48. The maximum absolute atomic E-state index is 13.4. The van der Waals surface area contributed by atoms with E-state index >= 15 is 0 Å². The van der Waals surface area contributed by atoms with Crippen molar-refractivity contribution in [3.8, 4) is 0 Å². The van der Waals surface area contributed by atoms with Gasteiger partial charge in [-0.2, -0.15) is 9.97 Å². The first kappa shape index (κ1) is 23.7. The molecule has 2 aromatic heterocycles. The average molecular weight is 508 g/mol. The number of fused-ring (bicyclic) bond motifs is 2. The second-order valence-electron chi connectivity index (χ2n) is 9.22. The zero-order valence-corrected chi connectivity index (χ0v) is 20.9. The molecule has 0 N–H and O–H groups in total. The van der Waals surface area contributed by atoms with Crippen LogP contribution in [0.3, 0.4) is 0 Å². The Labute approximate surface area is 213 Å². The highest BCUT2D eigenvalue weighted by molar-refractivity contribution is 6.06. The van der Waals surface area contributed by atoms with Crippen LogP contribution < -0.4 is 9.80 Å². The van der Waals surface area contributed by atoms with Gasteiger partial charge in [0.2, 0.25) is 5.95 Å². The zero-order chi connectivity index (χ0) is 25.4. The van der Waals surface area contributed by atoms with Gasteiger partial charge in [0.05, 0.1) is 33.0 Å². The molecule has 1 aromatic carbocycles. The van der Waals surface area contributed by atoms with Gasteiger partial charge in [-0.1, -0.05) is 12.1 Å². The molecule has 37 heavy (non-hydrogen) atoms. The van der Waals surface area contributed by atoms with Crippen LogP contribution in [-0.2, 0) is 19.0 Å². The van der Waals surface area contributed by atoms with E-state index in [1.807, 2.05) is 25.1 Å². The van der Waals surface area contributed by atoms with Crippen molar-refractivity contribution in [2.45, 2.75) is 19.8 Å². The molecule has 0 saturated carbocycles. The molecule has 3 aliphatic heterocycles. The van der Waals surface area contributed by atoms with Crippen molar-refractivity contribution < 1.29 is 23.6 Å². The van der Waals surface area contributed by atoms with Gasteiger partial charge in [0.15, 0.2) is 5.82 Å². The third kappa shape index (κ3) is 4.29. The molecule has 3 aliphatic rings. The van der Waals surface area contributed by atoms with Crippen LogP contribution in [0.5, 0.6) is 0 Å². The van der Waals surface area contributed by atoms with Gasteiger partial charge in [-0.15, -0.1) is 0 Å². The number of benzene rings is 1. The first-order valence-electron chi connectivity index (χ1n) is 12.7. The van der Waals surface area contributed by atoms with Crippen LogP contribution in [0.15, 0.2) is 27.8 Å². The largest absolute Gasteiger partial charge is 0.465 e. The monoisotopic (exact) mass is 507 g/mol. The summed E-state index contributed by atoms with van der Waals surface area (Å²) in [6, 6.07) is 5.67. The standard InChI is InChI=1S/C25H29N7O5/c1-3-36-24(33)18-15(2)26-22-20(19(18)16-5-4-6-17-21(16)30-37-29-17)23(31-7-11-34-12-8-31)28-25(27-22)32-9-13-35-14-10-32/h4-6,18-19H,3,7-14H2,1-2H3. The summed E-state index contributed by atoms with van der Waals surface area (Å²) in [6.07, 6.45) is 0. The van der Waals surface area contributed by atoms with E-state index in [0.29, 0.717) is 81.1 Å². The van der Waals surface area contributed by atoms with Crippen molar-refractivity contribution in [3.63, 3.8) is 0 Å². The van der Waals surface area contributed by atoms with E-state index in [1.165, 1.54) is 0 Å². The molecule has 2 atom stereocenters. The van der Waals surface area contributed by atoms with Gasteiger partial charge in [0.25, 0.3) is 0 Å². The van der Waals surface area contributed by atoms with E-state index in [4.69, 9.17) is 33.8 Å². The van der Waals surface area contributed by atoms with Crippen molar-refractivity contribution in [3.05, 3.63) is 29.3 Å². The summed E-state index contributed by atoms with van der Waals surface area (Å²) in [7, 11) is 0. The molecule has 0 aliphatic carbocycles. The molecule has 6 rings (SSSR count). The number of anilines is 2. The molecule has 3 aromatic rings. The second-order valence-corrected chi connectivity index (χ2v) is 9.22. The normalized spacial score (nSPS) is 22.1. The summed E-state index contributed by atoms with van der Waals surface area (Å²) in [6.45, 7) is 9.05. The van der Waals surface area contributed by atoms with Gasteiger partial charge < -0.3 is 24.0 Å². The molecular weight excluding hydrogens is 478 g/mol. The van der Waals surface area contributed by atoms with E-state index in [0.717, 1.165) is 16.9 Å². The molecule has 2 fully saturated rings. The summed E-state index contributed by atoms with van der Waals surface area (Å²) in [5.74, 6) is 0.396. The molecule has 0 spiro atoms. The summed E-state index contributed by atoms with van der Waals surface area (Å²) in [5.41, 5.74) is 3.40. The molecule has 0 bridgehead atoms. The third-order valence-corrected chi connectivity index (χ3v) is 7.07. The lowest BCUT2D eigenvalue weighted by Gasteiger charge is -2.37. The third-order valence-electron chi connectivity index (χ3n) is 7.07. The first-order chi connectivity index (χ1) is 18.2. The fraction of sp³-hybridized carbons (Fsp3) is 0.520. The number of morpholine rings is 2. The number of nitrogens with zero attached hydrogens (tertiary/aromatic N) is 7. The maximum atomic E-state index is 13.4. The fourth-order valence-corrected chi connectivity index (χ4v) is 5.32. The van der Waals surface area contributed by atoms with Crippen LogP contribution >= 0.6 is 0 Å². The quantitative estimate of drug-likeness (QED) is 0.471. The Kier molecular flexibility index (Phi) is 6.43. The Bertz CT molecular complexity index is 1330. The van der Waals surface area contributed by atoms with E-state index in [9.17, 15) is 4.79 Å². The zero-order valence-electron chi connectivity index (χ0n) is 20.9. The molecule has 0 amide bonds. The lowest BCUT2D eigenvalue weighted by molar-refractivity contribution is -0.146. The highest BCUT2D eigenvalue weighted by atomic mass is 16.6. The minimum Gasteiger partial charge on any atom is -0.465 e. The molecule has 2 unspecified atom stereocenters. The Morgan fingerprint density at radius 2 is 1.76 bits per heavy atom. The van der Waals surface area contributed by atoms with Gasteiger partial charge >= 0.3 is 5.97 Å². The Hall–Kier alpha value is -3.64. The number of carbonyl (C=O) groups is 1. The van der Waals surface area contributed by atoms with E-state index in [-0.39, 0.29) is 12.6 Å². The SMILES string of the molecule is CCOC(=O)C1C(C)=Nc2nc(N3CCOCC3)nc(N3CCOCC3)c2C1c1cccc2nonc12. The van der Waals surface area contributed by atoms with Gasteiger partial charge in [-0.25, -0.2) is 9.62 Å². The van der Waals surface area contributed by atoms with E-state index in [1.54, 1.807) is 6.92 Å². The predicted molar refractivity (Wildman–Crippen MR) is 135 cm³/mol. The molecule has 12 nitrogen and oxygen atoms in total. The molecule has 0 radical (unpaired) electrons. The van der Waals surface area contributed by atoms with Crippen molar-refractivity contribution in [2.24, 2.45) is 10.9 Å². The first-order valence-corrected chi connectivity index (χ1v) is 12.7. The number of aromatic nitrogens is 4.